The average Bonchev–Trinajstić information content (AvgIpc) is 3.15. The smallest absolute Gasteiger partial charge is 0.260 e. The van der Waals surface area contributed by atoms with Crippen molar-refractivity contribution < 1.29 is 14.3 Å². The number of carbonyl (C=O) groups excluding carboxylic acids is 2. The Hall–Kier alpha value is -2.04. The van der Waals surface area contributed by atoms with Crippen molar-refractivity contribution in [1.29, 1.82) is 0 Å². The summed E-state index contributed by atoms with van der Waals surface area (Å²) in [6.07, 6.45) is 3.78. The zero-order chi connectivity index (χ0) is 17.8. The third-order valence-corrected chi connectivity index (χ3v) is 5.30. The van der Waals surface area contributed by atoms with Crippen molar-refractivity contribution in [1.82, 2.24) is 9.80 Å². The van der Waals surface area contributed by atoms with Gasteiger partial charge in [-0.3, -0.25) is 9.59 Å². The van der Waals surface area contributed by atoms with Gasteiger partial charge in [0, 0.05) is 32.1 Å². The first-order valence-electron chi connectivity index (χ1n) is 9.31. The maximum atomic E-state index is 12.5. The number of ether oxygens (including phenoxy) is 1. The lowest BCUT2D eigenvalue weighted by Gasteiger charge is -2.33. The number of amides is 2. The zero-order valence-electron chi connectivity index (χ0n) is 15.3. The lowest BCUT2D eigenvalue weighted by molar-refractivity contribution is -0.140. The van der Waals surface area contributed by atoms with E-state index >= 15 is 0 Å². The number of piperidine rings is 1. The van der Waals surface area contributed by atoms with Crippen molar-refractivity contribution in [2.45, 2.75) is 39.5 Å². The Morgan fingerprint density at radius 1 is 1.04 bits per heavy atom. The van der Waals surface area contributed by atoms with E-state index < -0.39 is 0 Å². The van der Waals surface area contributed by atoms with Gasteiger partial charge in [-0.2, -0.15) is 0 Å². The fourth-order valence-corrected chi connectivity index (χ4v) is 3.76. The van der Waals surface area contributed by atoms with E-state index in [0.717, 1.165) is 50.1 Å². The second-order valence-corrected chi connectivity index (χ2v) is 7.25. The van der Waals surface area contributed by atoms with E-state index in [2.05, 4.69) is 6.07 Å². The molecule has 25 heavy (non-hydrogen) atoms. The molecule has 136 valence electrons. The van der Waals surface area contributed by atoms with Crippen molar-refractivity contribution in [3.8, 4) is 5.75 Å². The van der Waals surface area contributed by atoms with Crippen LogP contribution in [0.25, 0.3) is 0 Å². The van der Waals surface area contributed by atoms with Gasteiger partial charge in [-0.15, -0.1) is 0 Å². The second kappa shape index (κ2) is 7.89. The maximum absolute atomic E-state index is 12.5. The van der Waals surface area contributed by atoms with Crippen molar-refractivity contribution in [2.24, 2.45) is 5.92 Å². The summed E-state index contributed by atoms with van der Waals surface area (Å²) in [5.74, 6) is 1.14. The van der Waals surface area contributed by atoms with Crippen LogP contribution in [-0.2, 0) is 9.59 Å². The van der Waals surface area contributed by atoms with Gasteiger partial charge < -0.3 is 14.5 Å². The quantitative estimate of drug-likeness (QED) is 0.843. The lowest BCUT2D eigenvalue weighted by Crippen LogP contribution is -2.45. The molecule has 2 aliphatic heterocycles. The number of nitrogens with zero attached hydrogens (tertiary/aromatic N) is 2. The highest BCUT2D eigenvalue weighted by molar-refractivity contribution is 5.81. The van der Waals surface area contributed by atoms with E-state index in [1.165, 1.54) is 5.56 Å². The Balaban J connectivity index is 1.45. The third-order valence-electron chi connectivity index (χ3n) is 5.30. The van der Waals surface area contributed by atoms with Gasteiger partial charge in [0.2, 0.25) is 5.91 Å². The van der Waals surface area contributed by atoms with Gasteiger partial charge in [-0.25, -0.2) is 0 Å². The standard InChI is InChI=1S/C20H28N2O3/c1-15-5-6-18(16(2)13-15)25-14-19(23)21-11-7-17(8-12-21)20(24)22-9-3-4-10-22/h5-6,13,17H,3-4,7-12,14H2,1-2H3. The number of hydrogen-bond acceptors (Lipinski definition) is 3. The van der Waals surface area contributed by atoms with E-state index in [9.17, 15) is 9.59 Å². The van der Waals surface area contributed by atoms with Crippen LogP contribution >= 0.6 is 0 Å². The highest BCUT2D eigenvalue weighted by Gasteiger charge is 2.31. The van der Waals surface area contributed by atoms with Gasteiger partial charge in [-0.05, 0) is 51.2 Å². The first-order valence-corrected chi connectivity index (χ1v) is 9.31. The van der Waals surface area contributed by atoms with Crippen LogP contribution in [0.1, 0.15) is 36.8 Å². The zero-order valence-corrected chi connectivity index (χ0v) is 15.3. The first-order chi connectivity index (χ1) is 12.0. The van der Waals surface area contributed by atoms with Crippen molar-refractivity contribution in [3.05, 3.63) is 29.3 Å². The monoisotopic (exact) mass is 344 g/mol. The summed E-state index contributed by atoms with van der Waals surface area (Å²) in [6.45, 7) is 7.20. The molecule has 1 aromatic carbocycles. The minimum absolute atomic E-state index is 0.00652. The molecule has 0 bridgehead atoms. The molecule has 0 spiro atoms. The van der Waals surface area contributed by atoms with Crippen LogP contribution in [0.4, 0.5) is 0 Å². The van der Waals surface area contributed by atoms with Crippen LogP contribution in [0.5, 0.6) is 5.75 Å². The molecule has 5 nitrogen and oxygen atoms in total. The number of aryl methyl sites for hydroxylation is 2. The van der Waals surface area contributed by atoms with E-state index in [4.69, 9.17) is 4.74 Å². The molecular weight excluding hydrogens is 316 g/mol. The average molecular weight is 344 g/mol. The van der Waals surface area contributed by atoms with Crippen LogP contribution in [-0.4, -0.2) is 54.4 Å². The Morgan fingerprint density at radius 3 is 2.36 bits per heavy atom. The molecule has 0 unspecified atom stereocenters. The van der Waals surface area contributed by atoms with Crippen LogP contribution in [0.2, 0.25) is 0 Å². The molecule has 2 aliphatic rings. The molecule has 1 aromatic rings. The molecule has 2 fully saturated rings. The van der Waals surface area contributed by atoms with Crippen LogP contribution in [0.15, 0.2) is 18.2 Å². The van der Waals surface area contributed by atoms with E-state index in [1.807, 2.05) is 35.8 Å². The fraction of sp³-hybridized carbons (Fsp3) is 0.600. The summed E-state index contributed by atoms with van der Waals surface area (Å²) in [4.78, 5) is 28.7. The fourth-order valence-electron chi connectivity index (χ4n) is 3.76. The van der Waals surface area contributed by atoms with Crippen molar-refractivity contribution >= 4 is 11.8 Å². The summed E-state index contributed by atoms with van der Waals surface area (Å²) < 4.78 is 5.70. The van der Waals surface area contributed by atoms with Gasteiger partial charge in [0.25, 0.3) is 5.91 Å². The molecule has 0 atom stereocenters. The minimum Gasteiger partial charge on any atom is -0.484 e. The number of likely N-dealkylation sites (tertiary alicyclic amines) is 2. The SMILES string of the molecule is Cc1ccc(OCC(=O)N2CCC(C(=O)N3CCCC3)CC2)c(C)c1. The highest BCUT2D eigenvalue weighted by atomic mass is 16.5. The van der Waals surface area contributed by atoms with E-state index in [1.54, 1.807) is 0 Å². The molecule has 0 N–H and O–H groups in total. The second-order valence-electron chi connectivity index (χ2n) is 7.25. The van der Waals surface area contributed by atoms with Gasteiger partial charge in [-0.1, -0.05) is 17.7 Å². The van der Waals surface area contributed by atoms with Gasteiger partial charge in [0.05, 0.1) is 0 Å². The van der Waals surface area contributed by atoms with Crippen molar-refractivity contribution in [2.75, 3.05) is 32.8 Å². The lowest BCUT2D eigenvalue weighted by atomic mass is 9.95. The van der Waals surface area contributed by atoms with Gasteiger partial charge >= 0.3 is 0 Å². The number of carbonyl (C=O) groups is 2. The predicted molar refractivity (Wildman–Crippen MR) is 96.5 cm³/mol. The normalized spacial score (nSPS) is 18.5. The van der Waals surface area contributed by atoms with Crippen LogP contribution < -0.4 is 4.74 Å². The molecule has 0 aromatic heterocycles. The summed E-state index contributed by atoms with van der Waals surface area (Å²) in [5.41, 5.74) is 2.23. The Labute approximate surface area is 149 Å². The topological polar surface area (TPSA) is 49.9 Å². The summed E-state index contributed by atoms with van der Waals surface area (Å²) in [5, 5.41) is 0. The van der Waals surface area contributed by atoms with Gasteiger partial charge in [0.1, 0.15) is 5.75 Å². The predicted octanol–water partition coefficient (Wildman–Crippen LogP) is 2.54. The maximum Gasteiger partial charge on any atom is 0.260 e. The number of benzene rings is 1. The molecule has 2 saturated heterocycles. The molecule has 2 amide bonds. The summed E-state index contributed by atoms with van der Waals surface area (Å²) in [6, 6.07) is 5.95. The summed E-state index contributed by atoms with van der Waals surface area (Å²) in [7, 11) is 0. The molecule has 0 radical (unpaired) electrons. The molecule has 0 aliphatic carbocycles. The Bertz CT molecular complexity index is 630. The molecular formula is C20H28N2O3. The van der Waals surface area contributed by atoms with Gasteiger partial charge in [0.15, 0.2) is 6.61 Å². The Morgan fingerprint density at radius 2 is 1.72 bits per heavy atom. The first kappa shape index (κ1) is 17.8. The Kier molecular flexibility index (Phi) is 5.61. The van der Waals surface area contributed by atoms with E-state index in [-0.39, 0.29) is 24.3 Å². The van der Waals surface area contributed by atoms with Crippen molar-refractivity contribution in [3.63, 3.8) is 0 Å². The molecule has 5 heteroatoms. The number of rotatable bonds is 4. The van der Waals surface area contributed by atoms with Crippen LogP contribution in [0, 0.1) is 19.8 Å². The molecule has 2 heterocycles. The number of hydrogen-bond donors (Lipinski definition) is 0. The molecule has 0 saturated carbocycles. The summed E-state index contributed by atoms with van der Waals surface area (Å²) >= 11 is 0. The third kappa shape index (κ3) is 4.33. The van der Waals surface area contributed by atoms with E-state index in [0.29, 0.717) is 13.1 Å². The molecule has 3 rings (SSSR count). The van der Waals surface area contributed by atoms with Crippen LogP contribution in [0.3, 0.4) is 0 Å². The largest absolute Gasteiger partial charge is 0.484 e. The minimum atomic E-state index is 0.00652. The highest BCUT2D eigenvalue weighted by Crippen LogP contribution is 2.23.